The van der Waals surface area contributed by atoms with E-state index in [0.29, 0.717) is 13.0 Å². The molecule has 0 saturated heterocycles. The van der Waals surface area contributed by atoms with Crippen molar-refractivity contribution in [1.29, 1.82) is 0 Å². The summed E-state index contributed by atoms with van der Waals surface area (Å²) >= 11 is 0. The monoisotopic (exact) mass is 409 g/mol. The number of anilines is 1. The average molecular weight is 409 g/mol. The van der Waals surface area contributed by atoms with Crippen LogP contribution < -0.4 is 10.4 Å². The van der Waals surface area contributed by atoms with Gasteiger partial charge in [-0.15, -0.1) is 0 Å². The van der Waals surface area contributed by atoms with Gasteiger partial charge in [0.25, 0.3) is 0 Å². The molecule has 0 radical (unpaired) electrons. The van der Waals surface area contributed by atoms with E-state index >= 15 is 0 Å². The molecule has 3 rings (SSSR count). The number of aromatic nitrogens is 1. The van der Waals surface area contributed by atoms with E-state index in [2.05, 4.69) is 23.2 Å². The zero-order valence-corrected chi connectivity index (χ0v) is 17.0. The van der Waals surface area contributed by atoms with Gasteiger partial charge in [0.2, 0.25) is 5.91 Å². The molecule has 2 aromatic carbocycles. The molecule has 0 spiro atoms. The normalized spacial score (nSPS) is 11.8. The third-order valence-electron chi connectivity index (χ3n) is 5.29. The molecule has 3 N–H and O–H groups in total. The Morgan fingerprint density at radius 1 is 1.13 bits per heavy atom. The predicted molar refractivity (Wildman–Crippen MR) is 116 cm³/mol. The molecular formula is C23H27N3O4. The van der Waals surface area contributed by atoms with Gasteiger partial charge in [-0.25, -0.2) is 10.3 Å². The van der Waals surface area contributed by atoms with Gasteiger partial charge < -0.3 is 9.72 Å². The third kappa shape index (κ3) is 5.39. The van der Waals surface area contributed by atoms with Crippen molar-refractivity contribution in [3.05, 3.63) is 66.4 Å². The Morgan fingerprint density at radius 2 is 1.93 bits per heavy atom. The number of ether oxygens (including phenoxy) is 1. The molecule has 7 heteroatoms. The highest BCUT2D eigenvalue weighted by molar-refractivity contribution is 5.87. The molecular weight excluding hydrogens is 382 g/mol. The van der Waals surface area contributed by atoms with Crippen LogP contribution in [0.5, 0.6) is 0 Å². The molecule has 1 atom stereocenters. The van der Waals surface area contributed by atoms with Crippen LogP contribution in [0.25, 0.3) is 10.9 Å². The summed E-state index contributed by atoms with van der Waals surface area (Å²) in [4.78, 5) is 28.7. The summed E-state index contributed by atoms with van der Waals surface area (Å²) in [7, 11) is 1.38. The van der Waals surface area contributed by atoms with Gasteiger partial charge in [0.1, 0.15) is 0 Å². The minimum absolute atomic E-state index is 0.116. The number of rotatable bonds is 9. The molecule has 7 nitrogen and oxygen atoms in total. The summed E-state index contributed by atoms with van der Waals surface area (Å²) in [6, 6.07) is 17.7. The Bertz CT molecular complexity index is 971. The maximum Gasteiger partial charge on any atom is 0.413 e. The molecule has 0 saturated carbocycles. The highest BCUT2D eigenvalue weighted by atomic mass is 16.5. The van der Waals surface area contributed by atoms with Gasteiger partial charge in [-0.2, -0.15) is 0 Å². The van der Waals surface area contributed by atoms with Crippen LogP contribution in [0.1, 0.15) is 37.2 Å². The van der Waals surface area contributed by atoms with Crippen molar-refractivity contribution in [1.82, 2.24) is 10.5 Å². The minimum atomic E-state index is -0.401. The molecule has 0 aliphatic carbocycles. The van der Waals surface area contributed by atoms with E-state index in [1.807, 2.05) is 42.6 Å². The van der Waals surface area contributed by atoms with Gasteiger partial charge in [-0.3, -0.25) is 14.9 Å². The number of carbonyl (C=O) groups excluding carboxylic acids is 2. The lowest BCUT2D eigenvalue weighted by atomic mass is 9.89. The predicted octanol–water partition coefficient (Wildman–Crippen LogP) is 4.59. The third-order valence-corrected chi connectivity index (χ3v) is 5.29. The van der Waals surface area contributed by atoms with Crippen LogP contribution in [0.2, 0.25) is 0 Å². The zero-order chi connectivity index (χ0) is 21.3. The standard InChI is InChI=1S/C23H27N3O4/c1-30-23(28)26(20-7-3-2-4-8-20)15-5-6-17(11-12-22(27)25-29)19-10-9-18-13-14-24-21(18)16-19/h2-4,7-10,13-14,16-17,24,29H,5-6,11-12,15H2,1H3,(H,25,27). The lowest BCUT2D eigenvalue weighted by molar-refractivity contribution is -0.129. The molecule has 3 aromatic rings. The molecule has 1 aromatic heterocycles. The Balaban J connectivity index is 1.71. The molecule has 30 heavy (non-hydrogen) atoms. The van der Waals surface area contributed by atoms with Crippen LogP contribution in [-0.4, -0.2) is 35.8 Å². The van der Waals surface area contributed by atoms with E-state index in [0.717, 1.165) is 35.0 Å². The van der Waals surface area contributed by atoms with Gasteiger partial charge in [-0.1, -0.05) is 30.3 Å². The van der Waals surface area contributed by atoms with E-state index in [4.69, 9.17) is 9.94 Å². The summed E-state index contributed by atoms with van der Waals surface area (Å²) in [5.41, 5.74) is 4.66. The van der Waals surface area contributed by atoms with E-state index in [1.54, 1.807) is 10.4 Å². The molecule has 1 heterocycles. The SMILES string of the molecule is COC(=O)N(CCCC(CCC(=O)NO)c1ccc2cc[nH]c2c1)c1ccccc1. The second-order valence-corrected chi connectivity index (χ2v) is 7.19. The first-order valence-corrected chi connectivity index (χ1v) is 10.0. The van der Waals surface area contributed by atoms with Crippen molar-refractivity contribution in [2.24, 2.45) is 0 Å². The Hall–Kier alpha value is -3.32. The first-order valence-electron chi connectivity index (χ1n) is 10.0. The number of benzene rings is 2. The van der Waals surface area contributed by atoms with E-state index < -0.39 is 12.0 Å². The fraction of sp³-hybridized carbons (Fsp3) is 0.304. The summed E-state index contributed by atoms with van der Waals surface area (Å²) < 4.78 is 4.94. The first-order chi connectivity index (χ1) is 14.6. The maximum absolute atomic E-state index is 12.2. The van der Waals surface area contributed by atoms with E-state index in [9.17, 15) is 9.59 Å². The Morgan fingerprint density at radius 3 is 2.67 bits per heavy atom. The Labute approximate surface area is 175 Å². The zero-order valence-electron chi connectivity index (χ0n) is 17.0. The number of nitrogens with one attached hydrogen (secondary N) is 2. The highest BCUT2D eigenvalue weighted by Crippen LogP contribution is 2.29. The smallest absolute Gasteiger partial charge is 0.413 e. The number of carbonyl (C=O) groups is 2. The number of methoxy groups -OCH3 is 1. The summed E-state index contributed by atoms with van der Waals surface area (Å²) in [6.07, 6.45) is 3.84. The second-order valence-electron chi connectivity index (χ2n) is 7.19. The second kappa shape index (κ2) is 10.5. The summed E-state index contributed by atoms with van der Waals surface area (Å²) in [5, 5.41) is 9.96. The van der Waals surface area contributed by atoms with Gasteiger partial charge >= 0.3 is 6.09 Å². The first kappa shape index (κ1) is 21.4. The van der Waals surface area contributed by atoms with Crippen LogP contribution in [0, 0.1) is 0 Å². The van der Waals surface area contributed by atoms with Crippen molar-refractivity contribution < 1.29 is 19.5 Å². The molecule has 0 aliphatic heterocycles. The van der Waals surface area contributed by atoms with Crippen LogP contribution in [0.3, 0.4) is 0 Å². The number of hydrogen-bond donors (Lipinski definition) is 3. The minimum Gasteiger partial charge on any atom is -0.452 e. The number of aromatic amines is 1. The quantitative estimate of drug-likeness (QED) is 0.356. The number of H-pyrrole nitrogens is 1. The van der Waals surface area contributed by atoms with E-state index in [-0.39, 0.29) is 12.3 Å². The summed E-state index contributed by atoms with van der Waals surface area (Å²) in [6.45, 7) is 0.504. The maximum atomic E-state index is 12.2. The fourth-order valence-electron chi connectivity index (χ4n) is 3.70. The van der Waals surface area contributed by atoms with Crippen LogP contribution in [0.15, 0.2) is 60.8 Å². The van der Waals surface area contributed by atoms with Crippen molar-refractivity contribution in [3.63, 3.8) is 0 Å². The van der Waals surface area contributed by atoms with Crippen molar-refractivity contribution >= 4 is 28.6 Å². The largest absolute Gasteiger partial charge is 0.452 e. The van der Waals surface area contributed by atoms with Crippen LogP contribution >= 0.6 is 0 Å². The molecule has 0 bridgehead atoms. The molecule has 1 unspecified atom stereocenters. The van der Waals surface area contributed by atoms with Gasteiger partial charge in [0.15, 0.2) is 0 Å². The molecule has 0 fully saturated rings. The van der Waals surface area contributed by atoms with Crippen molar-refractivity contribution in [3.8, 4) is 0 Å². The van der Waals surface area contributed by atoms with Crippen molar-refractivity contribution in [2.45, 2.75) is 31.6 Å². The van der Waals surface area contributed by atoms with Gasteiger partial charge in [-0.05, 0) is 60.4 Å². The van der Waals surface area contributed by atoms with Crippen LogP contribution in [-0.2, 0) is 9.53 Å². The number of fused-ring (bicyclic) bond motifs is 1. The number of nitrogens with zero attached hydrogens (tertiary/aromatic N) is 1. The molecule has 0 aliphatic rings. The van der Waals surface area contributed by atoms with Gasteiger partial charge in [0.05, 0.1) is 7.11 Å². The topological polar surface area (TPSA) is 94.7 Å². The summed E-state index contributed by atoms with van der Waals surface area (Å²) in [5.74, 6) is -0.285. The van der Waals surface area contributed by atoms with E-state index in [1.165, 1.54) is 7.11 Å². The molecule has 2 amide bonds. The number of hydrogen-bond acceptors (Lipinski definition) is 4. The van der Waals surface area contributed by atoms with Crippen LogP contribution in [0.4, 0.5) is 10.5 Å². The molecule has 158 valence electrons. The average Bonchev–Trinajstić information content (AvgIpc) is 3.26. The Kier molecular flexibility index (Phi) is 7.45. The number of para-hydroxylation sites is 1. The lowest BCUT2D eigenvalue weighted by Gasteiger charge is -2.23. The lowest BCUT2D eigenvalue weighted by Crippen LogP contribution is -2.31. The number of hydroxylamine groups is 1. The fourth-order valence-corrected chi connectivity index (χ4v) is 3.70. The highest BCUT2D eigenvalue weighted by Gasteiger charge is 2.19. The van der Waals surface area contributed by atoms with Gasteiger partial charge in [0, 0.05) is 30.4 Å². The number of amides is 2. The van der Waals surface area contributed by atoms with Crippen molar-refractivity contribution in [2.75, 3.05) is 18.6 Å².